The minimum absolute atomic E-state index is 0.156. The van der Waals surface area contributed by atoms with Crippen molar-refractivity contribution < 1.29 is 18.8 Å². The van der Waals surface area contributed by atoms with Gasteiger partial charge in [0, 0.05) is 0 Å². The Labute approximate surface area is 141 Å². The number of anilines is 1. The highest BCUT2D eigenvalue weighted by atomic mass is 32.1. The summed E-state index contributed by atoms with van der Waals surface area (Å²) in [5.74, 6) is 1.82. The first-order chi connectivity index (χ1) is 11.7. The van der Waals surface area contributed by atoms with Gasteiger partial charge in [-0.1, -0.05) is 17.3 Å². The molecule has 0 bridgehead atoms. The number of aromatic nitrogens is 2. The van der Waals surface area contributed by atoms with Crippen LogP contribution in [0.1, 0.15) is 5.82 Å². The molecule has 1 aliphatic rings. The second-order valence-electron chi connectivity index (χ2n) is 5.16. The molecule has 1 amide bonds. The highest BCUT2D eigenvalue weighted by Crippen LogP contribution is 2.34. The van der Waals surface area contributed by atoms with Gasteiger partial charge in [-0.3, -0.25) is 4.79 Å². The van der Waals surface area contributed by atoms with Crippen LogP contribution in [0.25, 0.3) is 11.5 Å². The molecule has 1 aliphatic heterocycles. The second-order valence-corrected chi connectivity index (χ2v) is 6.08. The van der Waals surface area contributed by atoms with Crippen molar-refractivity contribution in [1.29, 1.82) is 0 Å². The summed E-state index contributed by atoms with van der Waals surface area (Å²) < 4.78 is 16.4. The van der Waals surface area contributed by atoms with E-state index in [0.29, 0.717) is 33.8 Å². The van der Waals surface area contributed by atoms with Gasteiger partial charge in [0.05, 0.1) is 5.56 Å². The number of nitrogens with zero attached hydrogens (tertiary/aromatic N) is 2. The normalized spacial score (nSPS) is 16.0. The van der Waals surface area contributed by atoms with E-state index >= 15 is 0 Å². The van der Waals surface area contributed by atoms with Gasteiger partial charge in [0.1, 0.15) is 11.6 Å². The van der Waals surface area contributed by atoms with Gasteiger partial charge in [0.25, 0.3) is 11.8 Å². The number of hydrogen-bond acceptors (Lipinski definition) is 7. The largest absolute Gasteiger partial charge is 0.485 e. The molecular formula is C16H13N3O4S. The van der Waals surface area contributed by atoms with Crippen LogP contribution in [-0.2, 0) is 4.79 Å². The molecule has 122 valence electrons. The SMILES string of the molecule is Cc1noc(-c2ccsc2NC(=O)C2COc3ccccc3O2)n1. The summed E-state index contributed by atoms with van der Waals surface area (Å²) in [5.41, 5.74) is 0.686. The minimum Gasteiger partial charge on any atom is -0.485 e. The van der Waals surface area contributed by atoms with Crippen molar-refractivity contribution in [2.24, 2.45) is 0 Å². The predicted octanol–water partition coefficient (Wildman–Crippen LogP) is 2.89. The number of fused-ring (bicyclic) bond motifs is 1. The number of ether oxygens (including phenoxy) is 2. The van der Waals surface area contributed by atoms with E-state index in [0.717, 1.165) is 0 Å². The third-order valence-electron chi connectivity index (χ3n) is 3.46. The Balaban J connectivity index is 1.51. The Hall–Kier alpha value is -2.87. The number of thiophene rings is 1. The van der Waals surface area contributed by atoms with Gasteiger partial charge >= 0.3 is 0 Å². The lowest BCUT2D eigenvalue weighted by Crippen LogP contribution is -2.40. The fourth-order valence-electron chi connectivity index (χ4n) is 2.32. The average molecular weight is 343 g/mol. The first-order valence-electron chi connectivity index (χ1n) is 7.28. The van der Waals surface area contributed by atoms with Crippen molar-refractivity contribution >= 4 is 22.2 Å². The number of carbonyl (C=O) groups is 1. The van der Waals surface area contributed by atoms with Gasteiger partial charge in [0.15, 0.2) is 17.3 Å². The van der Waals surface area contributed by atoms with E-state index in [2.05, 4.69) is 15.5 Å². The average Bonchev–Trinajstić information content (AvgIpc) is 3.23. The number of benzene rings is 1. The maximum absolute atomic E-state index is 12.5. The molecular weight excluding hydrogens is 330 g/mol. The third kappa shape index (κ3) is 2.71. The van der Waals surface area contributed by atoms with Crippen LogP contribution in [-0.4, -0.2) is 28.8 Å². The first-order valence-corrected chi connectivity index (χ1v) is 8.16. The van der Waals surface area contributed by atoms with Crippen molar-refractivity contribution in [3.8, 4) is 23.0 Å². The third-order valence-corrected chi connectivity index (χ3v) is 4.29. The number of amides is 1. The number of aryl methyl sites for hydroxylation is 1. The number of carbonyl (C=O) groups excluding carboxylic acids is 1. The maximum Gasteiger partial charge on any atom is 0.269 e. The smallest absolute Gasteiger partial charge is 0.269 e. The van der Waals surface area contributed by atoms with Crippen molar-refractivity contribution in [2.75, 3.05) is 11.9 Å². The summed E-state index contributed by atoms with van der Waals surface area (Å²) in [7, 11) is 0. The van der Waals surface area contributed by atoms with Crippen molar-refractivity contribution in [1.82, 2.24) is 10.1 Å². The van der Waals surface area contributed by atoms with E-state index in [4.69, 9.17) is 14.0 Å². The quantitative estimate of drug-likeness (QED) is 0.787. The van der Waals surface area contributed by atoms with Crippen LogP contribution in [0, 0.1) is 6.92 Å². The van der Waals surface area contributed by atoms with Crippen LogP contribution in [0.3, 0.4) is 0 Å². The molecule has 8 heteroatoms. The zero-order chi connectivity index (χ0) is 16.5. The predicted molar refractivity (Wildman–Crippen MR) is 87.3 cm³/mol. The Morgan fingerprint density at radius 3 is 2.92 bits per heavy atom. The molecule has 2 aromatic heterocycles. The summed E-state index contributed by atoms with van der Waals surface area (Å²) in [6.07, 6.45) is -0.723. The summed E-state index contributed by atoms with van der Waals surface area (Å²) in [5, 5.41) is 9.09. The lowest BCUT2D eigenvalue weighted by molar-refractivity contribution is -0.125. The fourth-order valence-corrected chi connectivity index (χ4v) is 3.10. The Morgan fingerprint density at radius 2 is 2.12 bits per heavy atom. The molecule has 3 aromatic rings. The van der Waals surface area contributed by atoms with E-state index in [1.807, 2.05) is 23.6 Å². The molecule has 0 saturated carbocycles. The molecule has 3 heterocycles. The topological polar surface area (TPSA) is 86.5 Å². The molecule has 1 unspecified atom stereocenters. The van der Waals surface area contributed by atoms with Crippen LogP contribution in [0.2, 0.25) is 0 Å². The standard InChI is InChI=1S/C16H13N3O4S/c1-9-17-15(23-19-9)10-6-7-24-16(10)18-14(20)13-8-21-11-4-2-3-5-12(11)22-13/h2-7,13H,8H2,1H3,(H,18,20). The number of para-hydroxylation sites is 2. The lowest BCUT2D eigenvalue weighted by Gasteiger charge is -2.25. The van der Waals surface area contributed by atoms with Crippen molar-refractivity contribution in [2.45, 2.75) is 13.0 Å². The van der Waals surface area contributed by atoms with Gasteiger partial charge in [0.2, 0.25) is 6.10 Å². The van der Waals surface area contributed by atoms with E-state index < -0.39 is 6.10 Å². The molecule has 0 fully saturated rings. The van der Waals surface area contributed by atoms with E-state index in [9.17, 15) is 4.79 Å². The van der Waals surface area contributed by atoms with Crippen LogP contribution < -0.4 is 14.8 Å². The van der Waals surface area contributed by atoms with Gasteiger partial charge in [-0.15, -0.1) is 11.3 Å². The van der Waals surface area contributed by atoms with Crippen LogP contribution in [0.5, 0.6) is 11.5 Å². The zero-order valence-corrected chi connectivity index (χ0v) is 13.5. The molecule has 0 aliphatic carbocycles. The minimum atomic E-state index is -0.723. The van der Waals surface area contributed by atoms with Crippen LogP contribution in [0.4, 0.5) is 5.00 Å². The van der Waals surface area contributed by atoms with Crippen LogP contribution >= 0.6 is 11.3 Å². The molecule has 4 rings (SSSR count). The number of hydrogen-bond donors (Lipinski definition) is 1. The highest BCUT2D eigenvalue weighted by Gasteiger charge is 2.28. The summed E-state index contributed by atoms with van der Waals surface area (Å²) in [6, 6.07) is 9.08. The molecule has 0 saturated heterocycles. The lowest BCUT2D eigenvalue weighted by atomic mass is 10.2. The first kappa shape index (κ1) is 14.7. The number of rotatable bonds is 3. The van der Waals surface area contributed by atoms with E-state index in [-0.39, 0.29) is 12.5 Å². The molecule has 0 spiro atoms. The monoisotopic (exact) mass is 343 g/mol. The molecule has 7 nitrogen and oxygen atoms in total. The second kappa shape index (κ2) is 5.97. The summed E-state index contributed by atoms with van der Waals surface area (Å²) in [6.45, 7) is 1.89. The van der Waals surface area contributed by atoms with Gasteiger partial charge in [-0.05, 0) is 30.5 Å². The number of nitrogens with one attached hydrogen (secondary N) is 1. The zero-order valence-electron chi connectivity index (χ0n) is 12.7. The molecule has 24 heavy (non-hydrogen) atoms. The van der Waals surface area contributed by atoms with E-state index in [1.165, 1.54) is 11.3 Å². The summed E-state index contributed by atoms with van der Waals surface area (Å²) in [4.78, 5) is 16.7. The maximum atomic E-state index is 12.5. The fraction of sp³-hybridized carbons (Fsp3) is 0.188. The molecule has 1 N–H and O–H groups in total. The van der Waals surface area contributed by atoms with E-state index in [1.54, 1.807) is 19.1 Å². The van der Waals surface area contributed by atoms with Crippen molar-refractivity contribution in [3.63, 3.8) is 0 Å². The Morgan fingerprint density at radius 1 is 1.29 bits per heavy atom. The molecule has 1 aromatic carbocycles. The van der Waals surface area contributed by atoms with Gasteiger partial charge in [-0.2, -0.15) is 4.98 Å². The molecule has 0 radical (unpaired) electrons. The summed E-state index contributed by atoms with van der Waals surface area (Å²) >= 11 is 1.38. The molecule has 1 atom stereocenters. The van der Waals surface area contributed by atoms with Crippen molar-refractivity contribution in [3.05, 3.63) is 41.5 Å². The van der Waals surface area contributed by atoms with Crippen LogP contribution in [0.15, 0.2) is 40.2 Å². The van der Waals surface area contributed by atoms with Gasteiger partial charge in [-0.25, -0.2) is 0 Å². The highest BCUT2D eigenvalue weighted by molar-refractivity contribution is 7.15. The Kier molecular flexibility index (Phi) is 3.66. The van der Waals surface area contributed by atoms with Gasteiger partial charge < -0.3 is 19.3 Å². The Bertz CT molecular complexity index is 889.